The van der Waals surface area contributed by atoms with E-state index in [9.17, 15) is 14.7 Å². The van der Waals surface area contributed by atoms with E-state index < -0.39 is 17.9 Å². The van der Waals surface area contributed by atoms with Crippen molar-refractivity contribution >= 4 is 29.5 Å². The highest BCUT2D eigenvalue weighted by Gasteiger charge is 2.23. The first-order valence-electron chi connectivity index (χ1n) is 8.09. The topological polar surface area (TPSA) is 157 Å². The summed E-state index contributed by atoms with van der Waals surface area (Å²) in [6, 6.07) is -0.408. The zero-order chi connectivity index (χ0) is 18.5. The molecule has 0 aromatic heterocycles. The van der Waals surface area contributed by atoms with E-state index in [0.717, 1.165) is 5.75 Å². The van der Waals surface area contributed by atoms with Crippen LogP contribution in [0.2, 0.25) is 0 Å². The summed E-state index contributed by atoms with van der Waals surface area (Å²) in [7, 11) is 0. The molecule has 0 aliphatic rings. The van der Waals surface area contributed by atoms with E-state index in [0.29, 0.717) is 32.2 Å². The van der Waals surface area contributed by atoms with Crippen LogP contribution in [0.5, 0.6) is 0 Å². The average molecular weight is 362 g/mol. The van der Waals surface area contributed by atoms with Crippen LogP contribution in [0.4, 0.5) is 0 Å². The Morgan fingerprint density at radius 2 is 1.92 bits per heavy atom. The Hall–Kier alpha value is -1.32. The third-order valence-corrected chi connectivity index (χ3v) is 4.20. The summed E-state index contributed by atoms with van der Waals surface area (Å²) >= 11 is 1.60. The SMILES string of the molecule is CSCCC(CCC(=O)C(CCCN=C(N)N)NC(C)N)C(=O)O. The summed E-state index contributed by atoms with van der Waals surface area (Å²) in [4.78, 5) is 27.5. The van der Waals surface area contributed by atoms with E-state index in [2.05, 4.69) is 10.3 Å². The summed E-state index contributed by atoms with van der Waals surface area (Å²) < 4.78 is 0. The quantitative estimate of drug-likeness (QED) is 0.126. The minimum absolute atomic E-state index is 0.0209. The number of carbonyl (C=O) groups is 2. The predicted octanol–water partition coefficient (Wildman–Crippen LogP) is 0.106. The Kier molecular flexibility index (Phi) is 12.3. The number of rotatable bonds is 14. The van der Waals surface area contributed by atoms with E-state index in [1.807, 2.05) is 6.26 Å². The molecule has 3 unspecified atom stereocenters. The van der Waals surface area contributed by atoms with Gasteiger partial charge in [0.25, 0.3) is 0 Å². The monoisotopic (exact) mass is 361 g/mol. The van der Waals surface area contributed by atoms with Crippen LogP contribution in [0.25, 0.3) is 0 Å². The number of aliphatic imine (C=N–C) groups is 1. The predicted molar refractivity (Wildman–Crippen MR) is 98.8 cm³/mol. The highest BCUT2D eigenvalue weighted by atomic mass is 32.2. The Balaban J connectivity index is 4.51. The van der Waals surface area contributed by atoms with Crippen molar-refractivity contribution in [1.29, 1.82) is 0 Å². The van der Waals surface area contributed by atoms with Crippen molar-refractivity contribution in [1.82, 2.24) is 5.32 Å². The van der Waals surface area contributed by atoms with Crippen LogP contribution >= 0.6 is 11.8 Å². The lowest BCUT2D eigenvalue weighted by atomic mass is 9.95. The van der Waals surface area contributed by atoms with Gasteiger partial charge in [-0.25, -0.2) is 0 Å². The molecule has 0 aliphatic carbocycles. The van der Waals surface area contributed by atoms with Crippen LogP contribution in [-0.2, 0) is 9.59 Å². The molecule has 0 heterocycles. The fourth-order valence-corrected chi connectivity index (χ4v) is 2.82. The van der Waals surface area contributed by atoms with Gasteiger partial charge < -0.3 is 22.3 Å². The summed E-state index contributed by atoms with van der Waals surface area (Å²) in [6.45, 7) is 2.20. The number of carboxylic acids is 1. The van der Waals surface area contributed by atoms with E-state index in [1.54, 1.807) is 18.7 Å². The molecule has 9 heteroatoms. The first-order chi connectivity index (χ1) is 11.3. The number of thioether (sulfide) groups is 1. The fraction of sp³-hybridized carbons (Fsp3) is 0.800. The number of ketones is 1. The molecular weight excluding hydrogens is 330 g/mol. The third kappa shape index (κ3) is 11.3. The average Bonchev–Trinajstić information content (AvgIpc) is 2.49. The number of aliphatic carboxylic acids is 1. The minimum Gasteiger partial charge on any atom is -0.481 e. The number of Topliss-reactive ketones (excluding diaryl/α,β-unsaturated/α-hetero) is 1. The van der Waals surface area contributed by atoms with Crippen molar-refractivity contribution in [3.8, 4) is 0 Å². The van der Waals surface area contributed by atoms with E-state index >= 15 is 0 Å². The smallest absolute Gasteiger partial charge is 0.306 e. The molecule has 0 aromatic rings. The van der Waals surface area contributed by atoms with Crippen LogP contribution in [-0.4, -0.2) is 53.6 Å². The molecular formula is C15H31N5O3S. The van der Waals surface area contributed by atoms with Crippen LogP contribution in [0.3, 0.4) is 0 Å². The zero-order valence-electron chi connectivity index (χ0n) is 14.5. The van der Waals surface area contributed by atoms with E-state index in [1.165, 1.54) is 0 Å². The Morgan fingerprint density at radius 3 is 2.42 bits per heavy atom. The van der Waals surface area contributed by atoms with Gasteiger partial charge in [0.05, 0.1) is 18.1 Å². The molecule has 140 valence electrons. The zero-order valence-corrected chi connectivity index (χ0v) is 15.3. The van der Waals surface area contributed by atoms with Crippen molar-refractivity contribution < 1.29 is 14.7 Å². The molecule has 0 spiro atoms. The number of hydrogen-bond donors (Lipinski definition) is 5. The van der Waals surface area contributed by atoms with Crippen molar-refractivity contribution in [2.75, 3.05) is 18.6 Å². The summed E-state index contributed by atoms with van der Waals surface area (Å²) in [5.74, 6) is -0.561. The number of nitrogens with zero attached hydrogens (tertiary/aromatic N) is 1. The number of hydrogen-bond acceptors (Lipinski definition) is 6. The molecule has 3 atom stereocenters. The Labute approximate surface area is 148 Å². The number of nitrogens with two attached hydrogens (primary N) is 3. The van der Waals surface area contributed by atoms with Crippen LogP contribution in [0, 0.1) is 5.92 Å². The van der Waals surface area contributed by atoms with Gasteiger partial charge in [0.15, 0.2) is 5.96 Å². The maximum absolute atomic E-state index is 12.4. The molecule has 0 rings (SSSR count). The minimum atomic E-state index is -0.846. The second-order valence-electron chi connectivity index (χ2n) is 5.78. The first-order valence-corrected chi connectivity index (χ1v) is 9.48. The normalized spacial score (nSPS) is 14.6. The fourth-order valence-electron chi connectivity index (χ4n) is 2.30. The second kappa shape index (κ2) is 13.0. The highest BCUT2D eigenvalue weighted by Crippen LogP contribution is 2.16. The first kappa shape index (κ1) is 22.7. The summed E-state index contributed by atoms with van der Waals surface area (Å²) in [5.41, 5.74) is 16.3. The van der Waals surface area contributed by atoms with Crippen molar-refractivity contribution in [2.45, 2.75) is 51.2 Å². The molecule has 0 saturated carbocycles. The van der Waals surface area contributed by atoms with Crippen molar-refractivity contribution in [3.63, 3.8) is 0 Å². The van der Waals surface area contributed by atoms with Gasteiger partial charge in [-0.1, -0.05) is 0 Å². The van der Waals surface area contributed by atoms with Gasteiger partial charge in [0, 0.05) is 13.0 Å². The number of carboxylic acid groups (broad SMARTS) is 1. The van der Waals surface area contributed by atoms with Gasteiger partial charge in [-0.2, -0.15) is 11.8 Å². The molecule has 0 aliphatic heterocycles. The molecule has 0 aromatic carbocycles. The van der Waals surface area contributed by atoms with Crippen LogP contribution < -0.4 is 22.5 Å². The van der Waals surface area contributed by atoms with Gasteiger partial charge in [0.2, 0.25) is 0 Å². The Bertz CT molecular complexity index is 414. The molecule has 0 bridgehead atoms. The standard InChI is InChI=1S/C15H31N5O3S/c1-10(16)20-12(4-3-8-19-15(17)18)13(21)6-5-11(14(22)23)7-9-24-2/h10-12,20H,3-9,16H2,1-2H3,(H,22,23)(H4,17,18,19). The maximum atomic E-state index is 12.4. The van der Waals surface area contributed by atoms with E-state index in [4.69, 9.17) is 17.2 Å². The molecule has 0 radical (unpaired) electrons. The lowest BCUT2D eigenvalue weighted by molar-refractivity contribution is -0.142. The van der Waals surface area contributed by atoms with Crippen molar-refractivity contribution in [2.24, 2.45) is 28.1 Å². The lowest BCUT2D eigenvalue weighted by Crippen LogP contribution is -2.46. The van der Waals surface area contributed by atoms with E-state index in [-0.39, 0.29) is 24.3 Å². The lowest BCUT2D eigenvalue weighted by Gasteiger charge is -2.20. The third-order valence-electron chi connectivity index (χ3n) is 3.56. The van der Waals surface area contributed by atoms with Crippen LogP contribution in [0.1, 0.15) is 39.0 Å². The van der Waals surface area contributed by atoms with Gasteiger partial charge >= 0.3 is 5.97 Å². The highest BCUT2D eigenvalue weighted by molar-refractivity contribution is 7.98. The number of carbonyl (C=O) groups excluding carboxylic acids is 1. The number of nitrogens with one attached hydrogen (secondary N) is 1. The molecule has 8 N–H and O–H groups in total. The molecule has 0 saturated heterocycles. The number of guanidine groups is 1. The maximum Gasteiger partial charge on any atom is 0.306 e. The summed E-state index contributed by atoms with van der Waals surface area (Å²) in [6.07, 6.45) is 3.94. The van der Waals surface area contributed by atoms with Crippen molar-refractivity contribution in [3.05, 3.63) is 0 Å². The molecule has 24 heavy (non-hydrogen) atoms. The van der Waals surface area contributed by atoms with Crippen LogP contribution in [0.15, 0.2) is 4.99 Å². The summed E-state index contributed by atoms with van der Waals surface area (Å²) in [5, 5.41) is 12.3. The van der Waals surface area contributed by atoms with Gasteiger partial charge in [-0.15, -0.1) is 0 Å². The molecule has 8 nitrogen and oxygen atoms in total. The Morgan fingerprint density at radius 1 is 1.25 bits per heavy atom. The van der Waals surface area contributed by atoms with Gasteiger partial charge in [0.1, 0.15) is 5.78 Å². The largest absolute Gasteiger partial charge is 0.481 e. The molecule has 0 amide bonds. The molecule has 0 fully saturated rings. The van der Waals surface area contributed by atoms with Gasteiger partial charge in [-0.05, 0) is 44.6 Å². The van der Waals surface area contributed by atoms with Gasteiger partial charge in [-0.3, -0.25) is 19.9 Å². The second-order valence-corrected chi connectivity index (χ2v) is 6.76.